The number of carbonyl (C=O) groups excluding carboxylic acids is 1. The maximum absolute atomic E-state index is 11.8. The summed E-state index contributed by atoms with van der Waals surface area (Å²) in [5, 5.41) is 12.6. The van der Waals surface area contributed by atoms with E-state index in [4.69, 9.17) is 0 Å². The van der Waals surface area contributed by atoms with Crippen molar-refractivity contribution in [1.82, 2.24) is 10.2 Å². The summed E-state index contributed by atoms with van der Waals surface area (Å²) in [6.45, 7) is 11.4. The van der Waals surface area contributed by atoms with E-state index in [1.807, 2.05) is 25.7 Å². The standard InChI is InChI=1S/C12H26N2O2/c1-6-8-13-11(15)10(3)14(7-2)9-12(4,5)16/h10,16H,6-9H2,1-5H3,(H,13,15). The molecule has 0 saturated carbocycles. The Balaban J connectivity index is 4.29. The lowest BCUT2D eigenvalue weighted by Crippen LogP contribution is -2.50. The molecule has 1 amide bonds. The van der Waals surface area contributed by atoms with Crippen molar-refractivity contribution in [3.8, 4) is 0 Å². The Kier molecular flexibility index (Phi) is 6.60. The molecule has 0 heterocycles. The molecule has 4 heteroatoms. The van der Waals surface area contributed by atoms with Gasteiger partial charge >= 0.3 is 0 Å². The highest BCUT2D eigenvalue weighted by Crippen LogP contribution is 2.08. The molecular weight excluding hydrogens is 204 g/mol. The quantitative estimate of drug-likeness (QED) is 0.686. The van der Waals surface area contributed by atoms with Crippen LogP contribution >= 0.6 is 0 Å². The number of hydrogen-bond donors (Lipinski definition) is 2. The minimum atomic E-state index is -0.769. The third kappa shape index (κ3) is 6.08. The summed E-state index contributed by atoms with van der Waals surface area (Å²) in [7, 11) is 0. The van der Waals surface area contributed by atoms with Gasteiger partial charge < -0.3 is 10.4 Å². The minimum Gasteiger partial charge on any atom is -0.389 e. The van der Waals surface area contributed by atoms with Crippen LogP contribution in [-0.4, -0.2) is 47.2 Å². The SMILES string of the molecule is CCCNC(=O)C(C)N(CC)CC(C)(C)O. The highest BCUT2D eigenvalue weighted by Gasteiger charge is 2.24. The molecule has 0 rings (SSSR count). The van der Waals surface area contributed by atoms with Crippen molar-refractivity contribution in [1.29, 1.82) is 0 Å². The Labute approximate surface area is 99.0 Å². The van der Waals surface area contributed by atoms with Gasteiger partial charge in [0.1, 0.15) is 0 Å². The summed E-state index contributed by atoms with van der Waals surface area (Å²) in [6, 6.07) is -0.192. The molecular formula is C12H26N2O2. The van der Waals surface area contributed by atoms with Crippen LogP contribution in [0, 0.1) is 0 Å². The molecule has 0 aromatic carbocycles. The molecule has 16 heavy (non-hydrogen) atoms. The van der Waals surface area contributed by atoms with E-state index < -0.39 is 5.60 Å². The zero-order valence-electron chi connectivity index (χ0n) is 11.2. The fraction of sp³-hybridized carbons (Fsp3) is 0.917. The Morgan fingerprint density at radius 2 is 2.00 bits per heavy atom. The Bertz CT molecular complexity index is 212. The van der Waals surface area contributed by atoms with E-state index in [-0.39, 0.29) is 11.9 Å². The van der Waals surface area contributed by atoms with E-state index in [9.17, 15) is 9.90 Å². The zero-order chi connectivity index (χ0) is 12.8. The van der Waals surface area contributed by atoms with Crippen molar-refractivity contribution in [2.24, 2.45) is 0 Å². The lowest BCUT2D eigenvalue weighted by Gasteiger charge is -2.32. The largest absolute Gasteiger partial charge is 0.389 e. The maximum atomic E-state index is 11.8. The number of carbonyl (C=O) groups is 1. The maximum Gasteiger partial charge on any atom is 0.237 e. The summed E-state index contributed by atoms with van der Waals surface area (Å²) in [5.41, 5.74) is -0.769. The first-order valence-electron chi connectivity index (χ1n) is 6.06. The predicted molar refractivity (Wildman–Crippen MR) is 66.3 cm³/mol. The van der Waals surface area contributed by atoms with Crippen LogP contribution in [0.25, 0.3) is 0 Å². The minimum absolute atomic E-state index is 0.0351. The lowest BCUT2D eigenvalue weighted by molar-refractivity contribution is -0.126. The number of amides is 1. The second-order valence-corrected chi connectivity index (χ2v) is 4.84. The van der Waals surface area contributed by atoms with Crippen LogP contribution in [0.3, 0.4) is 0 Å². The van der Waals surface area contributed by atoms with E-state index in [0.29, 0.717) is 13.1 Å². The molecule has 96 valence electrons. The first-order valence-corrected chi connectivity index (χ1v) is 6.06. The molecule has 2 N–H and O–H groups in total. The van der Waals surface area contributed by atoms with Gasteiger partial charge in [0, 0.05) is 13.1 Å². The van der Waals surface area contributed by atoms with E-state index in [0.717, 1.165) is 13.0 Å². The third-order valence-corrected chi connectivity index (χ3v) is 2.47. The fourth-order valence-electron chi connectivity index (χ4n) is 1.58. The molecule has 0 aliphatic heterocycles. The van der Waals surface area contributed by atoms with Crippen LogP contribution in [-0.2, 0) is 4.79 Å². The van der Waals surface area contributed by atoms with Crippen molar-refractivity contribution >= 4 is 5.91 Å². The van der Waals surface area contributed by atoms with Crippen LogP contribution in [0.2, 0.25) is 0 Å². The van der Waals surface area contributed by atoms with Gasteiger partial charge in [0.05, 0.1) is 11.6 Å². The number of rotatable bonds is 7. The molecule has 0 spiro atoms. The van der Waals surface area contributed by atoms with Gasteiger partial charge in [-0.05, 0) is 33.7 Å². The summed E-state index contributed by atoms with van der Waals surface area (Å²) < 4.78 is 0. The second kappa shape index (κ2) is 6.86. The normalized spacial score (nSPS) is 13.9. The van der Waals surface area contributed by atoms with Gasteiger partial charge in [0.2, 0.25) is 5.91 Å². The number of nitrogens with one attached hydrogen (secondary N) is 1. The zero-order valence-corrected chi connectivity index (χ0v) is 11.2. The van der Waals surface area contributed by atoms with Crippen molar-refractivity contribution in [2.75, 3.05) is 19.6 Å². The van der Waals surface area contributed by atoms with Gasteiger partial charge in [0.25, 0.3) is 0 Å². The predicted octanol–water partition coefficient (Wildman–Crippen LogP) is 0.994. The highest BCUT2D eigenvalue weighted by molar-refractivity contribution is 5.81. The highest BCUT2D eigenvalue weighted by atomic mass is 16.3. The van der Waals surface area contributed by atoms with Gasteiger partial charge in [-0.15, -0.1) is 0 Å². The van der Waals surface area contributed by atoms with E-state index >= 15 is 0 Å². The molecule has 0 aliphatic rings. The molecule has 0 aromatic heterocycles. The molecule has 4 nitrogen and oxygen atoms in total. The summed E-state index contributed by atoms with van der Waals surface area (Å²) in [6.07, 6.45) is 0.941. The van der Waals surface area contributed by atoms with E-state index in [2.05, 4.69) is 5.32 Å². The monoisotopic (exact) mass is 230 g/mol. The van der Waals surface area contributed by atoms with Crippen molar-refractivity contribution < 1.29 is 9.90 Å². The van der Waals surface area contributed by atoms with Crippen molar-refractivity contribution in [3.63, 3.8) is 0 Å². The average Bonchev–Trinajstić information content (AvgIpc) is 2.20. The molecule has 0 aliphatic carbocycles. The van der Waals surface area contributed by atoms with Crippen LogP contribution in [0.4, 0.5) is 0 Å². The molecule has 0 radical (unpaired) electrons. The molecule has 0 aromatic rings. The Morgan fingerprint density at radius 1 is 1.44 bits per heavy atom. The Morgan fingerprint density at radius 3 is 2.38 bits per heavy atom. The number of aliphatic hydroxyl groups is 1. The van der Waals surface area contributed by atoms with Crippen molar-refractivity contribution in [3.05, 3.63) is 0 Å². The first kappa shape index (κ1) is 15.4. The second-order valence-electron chi connectivity index (χ2n) is 4.84. The number of likely N-dealkylation sites (N-methyl/N-ethyl adjacent to an activating group) is 1. The van der Waals surface area contributed by atoms with Crippen LogP contribution in [0.5, 0.6) is 0 Å². The van der Waals surface area contributed by atoms with Crippen LogP contribution in [0.1, 0.15) is 41.0 Å². The van der Waals surface area contributed by atoms with Gasteiger partial charge in [-0.25, -0.2) is 0 Å². The fourth-order valence-corrected chi connectivity index (χ4v) is 1.58. The summed E-state index contributed by atoms with van der Waals surface area (Å²) in [4.78, 5) is 13.7. The van der Waals surface area contributed by atoms with Gasteiger partial charge in [0.15, 0.2) is 0 Å². The third-order valence-electron chi connectivity index (χ3n) is 2.47. The molecule has 0 fully saturated rings. The van der Waals surface area contributed by atoms with Gasteiger partial charge in [-0.3, -0.25) is 9.69 Å². The van der Waals surface area contributed by atoms with Gasteiger partial charge in [-0.1, -0.05) is 13.8 Å². The Hall–Kier alpha value is -0.610. The molecule has 0 saturated heterocycles. The van der Waals surface area contributed by atoms with Crippen molar-refractivity contribution in [2.45, 2.75) is 52.7 Å². The van der Waals surface area contributed by atoms with Crippen LogP contribution in [0.15, 0.2) is 0 Å². The van der Waals surface area contributed by atoms with Crippen LogP contribution < -0.4 is 5.32 Å². The molecule has 1 unspecified atom stereocenters. The van der Waals surface area contributed by atoms with Gasteiger partial charge in [-0.2, -0.15) is 0 Å². The summed E-state index contributed by atoms with van der Waals surface area (Å²) >= 11 is 0. The topological polar surface area (TPSA) is 52.6 Å². The average molecular weight is 230 g/mol. The molecule has 0 bridgehead atoms. The van der Waals surface area contributed by atoms with E-state index in [1.54, 1.807) is 13.8 Å². The smallest absolute Gasteiger partial charge is 0.237 e. The molecule has 1 atom stereocenters. The number of hydrogen-bond acceptors (Lipinski definition) is 3. The lowest BCUT2D eigenvalue weighted by atomic mass is 10.1. The first-order chi connectivity index (χ1) is 7.31. The number of nitrogens with zero attached hydrogens (tertiary/aromatic N) is 1. The summed E-state index contributed by atoms with van der Waals surface area (Å²) in [5.74, 6) is 0.0351. The van der Waals surface area contributed by atoms with E-state index in [1.165, 1.54) is 0 Å².